The minimum atomic E-state index is -4.34. The quantitative estimate of drug-likeness (QED) is 0.911. The average Bonchev–Trinajstić information content (AvgIpc) is 2.54. The van der Waals surface area contributed by atoms with Crippen LogP contribution in [0.2, 0.25) is 0 Å². The maximum atomic E-state index is 12.5. The van der Waals surface area contributed by atoms with E-state index in [1.165, 1.54) is 19.2 Å². The molecule has 0 aromatic heterocycles. The fraction of sp³-hybridized carbons (Fsp3) is 0.235. The van der Waals surface area contributed by atoms with Crippen molar-refractivity contribution >= 4 is 5.91 Å². The van der Waals surface area contributed by atoms with Gasteiger partial charge in [-0.25, -0.2) is 0 Å². The van der Waals surface area contributed by atoms with E-state index in [0.29, 0.717) is 24.3 Å². The molecule has 0 bridgehead atoms. The lowest BCUT2D eigenvalue weighted by molar-refractivity contribution is -0.137. The molecule has 0 fully saturated rings. The van der Waals surface area contributed by atoms with Gasteiger partial charge in [-0.1, -0.05) is 24.3 Å². The molecule has 0 aliphatic carbocycles. The highest BCUT2D eigenvalue weighted by molar-refractivity contribution is 5.96. The second kappa shape index (κ2) is 7.17. The van der Waals surface area contributed by atoms with Crippen molar-refractivity contribution in [1.29, 1.82) is 0 Å². The Balaban J connectivity index is 1.91. The van der Waals surface area contributed by atoms with Gasteiger partial charge in [-0.3, -0.25) is 4.79 Å². The summed E-state index contributed by atoms with van der Waals surface area (Å²) in [5.41, 5.74) is 0.458. The van der Waals surface area contributed by atoms with E-state index >= 15 is 0 Å². The minimum absolute atomic E-state index is 0.283. The predicted octanol–water partition coefficient (Wildman–Crippen LogP) is 3.69. The minimum Gasteiger partial charge on any atom is -0.496 e. The van der Waals surface area contributed by atoms with Gasteiger partial charge in [0.2, 0.25) is 0 Å². The molecule has 0 saturated carbocycles. The molecule has 2 rings (SSSR count). The van der Waals surface area contributed by atoms with Crippen LogP contribution in [0.3, 0.4) is 0 Å². The lowest BCUT2D eigenvalue weighted by atomic mass is 10.1. The van der Waals surface area contributed by atoms with Crippen LogP contribution in [0.5, 0.6) is 5.75 Å². The number of alkyl halides is 3. The number of ether oxygens (including phenoxy) is 1. The molecule has 3 nitrogen and oxygen atoms in total. The number of carbonyl (C=O) groups is 1. The molecule has 0 aliphatic rings. The van der Waals surface area contributed by atoms with Gasteiger partial charge in [0.05, 0.1) is 18.2 Å². The van der Waals surface area contributed by atoms with Crippen molar-refractivity contribution < 1.29 is 22.7 Å². The second-order valence-corrected chi connectivity index (χ2v) is 4.90. The monoisotopic (exact) mass is 323 g/mol. The average molecular weight is 323 g/mol. The molecule has 0 aliphatic heterocycles. The van der Waals surface area contributed by atoms with Gasteiger partial charge in [0.1, 0.15) is 5.75 Å². The van der Waals surface area contributed by atoms with Crippen molar-refractivity contribution in [2.24, 2.45) is 0 Å². The molecule has 1 amide bonds. The van der Waals surface area contributed by atoms with Crippen molar-refractivity contribution in [3.63, 3.8) is 0 Å². The maximum absolute atomic E-state index is 12.5. The Morgan fingerprint density at radius 2 is 1.74 bits per heavy atom. The highest BCUT2D eigenvalue weighted by Crippen LogP contribution is 2.29. The van der Waals surface area contributed by atoms with E-state index in [4.69, 9.17) is 4.74 Å². The number of hydrogen-bond acceptors (Lipinski definition) is 2. The Morgan fingerprint density at radius 3 is 2.35 bits per heavy atom. The molecule has 0 atom stereocenters. The summed E-state index contributed by atoms with van der Waals surface area (Å²) < 4.78 is 42.5. The molecule has 1 N–H and O–H groups in total. The van der Waals surface area contributed by atoms with E-state index in [1.807, 2.05) is 0 Å². The van der Waals surface area contributed by atoms with E-state index in [0.717, 1.165) is 17.7 Å². The van der Waals surface area contributed by atoms with Crippen LogP contribution in [0.15, 0.2) is 48.5 Å². The van der Waals surface area contributed by atoms with E-state index in [2.05, 4.69) is 5.32 Å². The summed E-state index contributed by atoms with van der Waals surface area (Å²) in [5, 5.41) is 2.73. The molecule has 2 aromatic carbocycles. The molecule has 122 valence electrons. The number of hydrogen-bond donors (Lipinski definition) is 1. The number of methoxy groups -OCH3 is 1. The number of nitrogens with one attached hydrogen (secondary N) is 1. The van der Waals surface area contributed by atoms with Crippen LogP contribution in [0.4, 0.5) is 13.2 Å². The normalized spacial score (nSPS) is 11.1. The largest absolute Gasteiger partial charge is 0.496 e. The van der Waals surface area contributed by atoms with Crippen LogP contribution in [0, 0.1) is 0 Å². The molecule has 23 heavy (non-hydrogen) atoms. The summed E-state index contributed by atoms with van der Waals surface area (Å²) in [4.78, 5) is 12.1. The SMILES string of the molecule is COc1ccccc1C(=O)NCCc1ccc(C(F)(F)F)cc1. The van der Waals surface area contributed by atoms with Gasteiger partial charge < -0.3 is 10.1 Å². The van der Waals surface area contributed by atoms with E-state index in [1.54, 1.807) is 24.3 Å². The van der Waals surface area contributed by atoms with Gasteiger partial charge in [0.25, 0.3) is 5.91 Å². The Morgan fingerprint density at radius 1 is 1.09 bits per heavy atom. The van der Waals surface area contributed by atoms with Crippen molar-refractivity contribution in [3.05, 3.63) is 65.2 Å². The maximum Gasteiger partial charge on any atom is 0.416 e. The molecule has 0 saturated heterocycles. The summed E-state index contributed by atoms with van der Waals surface area (Å²) in [5.74, 6) is 0.189. The molecule has 0 radical (unpaired) electrons. The summed E-state index contributed by atoms with van der Waals surface area (Å²) >= 11 is 0. The zero-order chi connectivity index (χ0) is 16.9. The third-order valence-corrected chi connectivity index (χ3v) is 3.33. The Hall–Kier alpha value is -2.50. The van der Waals surface area contributed by atoms with Gasteiger partial charge in [-0.15, -0.1) is 0 Å². The molecule has 6 heteroatoms. The van der Waals surface area contributed by atoms with Gasteiger partial charge in [0, 0.05) is 6.54 Å². The molecule has 2 aromatic rings. The summed E-state index contributed by atoms with van der Waals surface area (Å²) in [6.45, 7) is 0.322. The first-order valence-corrected chi connectivity index (χ1v) is 6.99. The second-order valence-electron chi connectivity index (χ2n) is 4.90. The predicted molar refractivity (Wildman–Crippen MR) is 80.5 cm³/mol. The Labute approximate surface area is 132 Å². The Bertz CT molecular complexity index is 666. The van der Waals surface area contributed by atoms with Crippen molar-refractivity contribution in [2.45, 2.75) is 12.6 Å². The molecule has 0 spiro atoms. The summed E-state index contributed by atoms with van der Waals surface area (Å²) in [7, 11) is 1.48. The van der Waals surface area contributed by atoms with Crippen molar-refractivity contribution in [2.75, 3.05) is 13.7 Å². The third-order valence-electron chi connectivity index (χ3n) is 3.33. The van der Waals surface area contributed by atoms with Gasteiger partial charge in [-0.05, 0) is 36.2 Å². The zero-order valence-corrected chi connectivity index (χ0v) is 12.5. The first-order chi connectivity index (χ1) is 10.9. The molecular formula is C17H16F3NO2. The molecule has 0 unspecified atom stereocenters. The number of amides is 1. The number of para-hydroxylation sites is 1. The Kier molecular flexibility index (Phi) is 5.26. The number of rotatable bonds is 5. The third kappa shape index (κ3) is 4.48. The van der Waals surface area contributed by atoms with Crippen LogP contribution in [-0.4, -0.2) is 19.6 Å². The van der Waals surface area contributed by atoms with Crippen molar-refractivity contribution in [1.82, 2.24) is 5.32 Å². The zero-order valence-electron chi connectivity index (χ0n) is 12.5. The molecule has 0 heterocycles. The van der Waals surface area contributed by atoms with Crippen molar-refractivity contribution in [3.8, 4) is 5.75 Å². The molecular weight excluding hydrogens is 307 g/mol. The van der Waals surface area contributed by atoms with Crippen LogP contribution in [0.1, 0.15) is 21.5 Å². The lowest BCUT2D eigenvalue weighted by Gasteiger charge is -2.10. The fourth-order valence-corrected chi connectivity index (χ4v) is 2.11. The topological polar surface area (TPSA) is 38.3 Å². The van der Waals surface area contributed by atoms with Crippen LogP contribution in [0.25, 0.3) is 0 Å². The van der Waals surface area contributed by atoms with Crippen LogP contribution in [-0.2, 0) is 12.6 Å². The highest BCUT2D eigenvalue weighted by atomic mass is 19.4. The number of carbonyl (C=O) groups excluding carboxylic acids is 1. The number of halogens is 3. The van der Waals surface area contributed by atoms with E-state index in [-0.39, 0.29) is 5.91 Å². The number of benzene rings is 2. The first-order valence-electron chi connectivity index (χ1n) is 6.99. The standard InChI is InChI=1S/C17H16F3NO2/c1-23-15-5-3-2-4-14(15)16(22)21-11-10-12-6-8-13(9-7-12)17(18,19)20/h2-9H,10-11H2,1H3,(H,21,22). The first kappa shape index (κ1) is 16.9. The van der Waals surface area contributed by atoms with Gasteiger partial charge in [0.15, 0.2) is 0 Å². The smallest absolute Gasteiger partial charge is 0.416 e. The highest BCUT2D eigenvalue weighted by Gasteiger charge is 2.29. The van der Waals surface area contributed by atoms with Crippen LogP contribution >= 0.6 is 0 Å². The lowest BCUT2D eigenvalue weighted by Crippen LogP contribution is -2.26. The fourth-order valence-electron chi connectivity index (χ4n) is 2.11. The van der Waals surface area contributed by atoms with E-state index < -0.39 is 11.7 Å². The van der Waals surface area contributed by atoms with Gasteiger partial charge >= 0.3 is 6.18 Å². The van der Waals surface area contributed by atoms with Gasteiger partial charge in [-0.2, -0.15) is 13.2 Å². The summed E-state index contributed by atoms with van der Waals surface area (Å²) in [6, 6.07) is 11.7. The summed E-state index contributed by atoms with van der Waals surface area (Å²) in [6.07, 6.45) is -3.89. The van der Waals surface area contributed by atoms with Crippen LogP contribution < -0.4 is 10.1 Å². The van der Waals surface area contributed by atoms with E-state index in [9.17, 15) is 18.0 Å².